The molecule has 0 heterocycles. The zero-order valence-corrected chi connectivity index (χ0v) is 11.1. The van der Waals surface area contributed by atoms with E-state index in [4.69, 9.17) is 5.73 Å². The van der Waals surface area contributed by atoms with Gasteiger partial charge in [-0.15, -0.1) is 0 Å². The van der Waals surface area contributed by atoms with Gasteiger partial charge in [-0.3, -0.25) is 4.79 Å². The molecule has 2 rings (SSSR count). The highest BCUT2D eigenvalue weighted by atomic mass is 16.3. The van der Waals surface area contributed by atoms with Crippen LogP contribution in [-0.2, 0) is 4.79 Å². The predicted octanol–water partition coefficient (Wildman–Crippen LogP) is 1.21. The van der Waals surface area contributed by atoms with E-state index in [2.05, 4.69) is 5.32 Å². The van der Waals surface area contributed by atoms with Gasteiger partial charge in [0, 0.05) is 5.92 Å². The Labute approximate surface area is 114 Å². The molecule has 1 saturated carbocycles. The average molecular weight is 262 g/mol. The first kappa shape index (κ1) is 14.0. The van der Waals surface area contributed by atoms with E-state index in [9.17, 15) is 9.90 Å². The van der Waals surface area contributed by atoms with Crippen LogP contribution in [0, 0.1) is 11.8 Å². The van der Waals surface area contributed by atoms with E-state index in [0.29, 0.717) is 6.54 Å². The molecule has 1 aromatic rings. The van der Waals surface area contributed by atoms with Crippen molar-refractivity contribution in [2.75, 3.05) is 13.2 Å². The third-order valence-electron chi connectivity index (χ3n) is 4.00. The highest BCUT2D eigenvalue weighted by Gasteiger charge is 2.32. The molecule has 0 aromatic heterocycles. The third kappa shape index (κ3) is 3.33. The Morgan fingerprint density at radius 3 is 2.74 bits per heavy atom. The zero-order valence-electron chi connectivity index (χ0n) is 11.1. The first-order chi connectivity index (χ1) is 9.26. The lowest BCUT2D eigenvalue weighted by Crippen LogP contribution is -2.38. The molecular formula is C15H22N2O2. The summed E-state index contributed by atoms with van der Waals surface area (Å²) in [5, 5.41) is 12.4. The van der Waals surface area contributed by atoms with Gasteiger partial charge in [0.15, 0.2) is 0 Å². The molecule has 1 amide bonds. The van der Waals surface area contributed by atoms with Crippen LogP contribution in [0.3, 0.4) is 0 Å². The summed E-state index contributed by atoms with van der Waals surface area (Å²) in [4.78, 5) is 12.3. The maximum absolute atomic E-state index is 12.3. The molecule has 0 radical (unpaired) electrons. The van der Waals surface area contributed by atoms with Crippen LogP contribution in [0.2, 0.25) is 0 Å². The highest BCUT2D eigenvalue weighted by molar-refractivity contribution is 5.79. The number of aliphatic hydroxyl groups excluding tert-OH is 1. The quantitative estimate of drug-likeness (QED) is 0.746. The van der Waals surface area contributed by atoms with E-state index in [1.54, 1.807) is 0 Å². The molecule has 3 atom stereocenters. The van der Waals surface area contributed by atoms with Gasteiger partial charge < -0.3 is 16.2 Å². The Morgan fingerprint density at radius 2 is 2.11 bits per heavy atom. The van der Waals surface area contributed by atoms with E-state index >= 15 is 0 Å². The number of rotatable bonds is 5. The fourth-order valence-electron chi connectivity index (χ4n) is 2.86. The van der Waals surface area contributed by atoms with Crippen molar-refractivity contribution >= 4 is 5.91 Å². The summed E-state index contributed by atoms with van der Waals surface area (Å²) in [6.45, 7) is 0.475. The van der Waals surface area contributed by atoms with E-state index in [1.165, 1.54) is 0 Å². The van der Waals surface area contributed by atoms with Crippen LogP contribution in [0.15, 0.2) is 30.3 Å². The fraction of sp³-hybridized carbons (Fsp3) is 0.533. The van der Waals surface area contributed by atoms with Crippen molar-refractivity contribution in [2.45, 2.75) is 25.3 Å². The van der Waals surface area contributed by atoms with Gasteiger partial charge in [0.25, 0.3) is 0 Å². The molecule has 2 unspecified atom stereocenters. The normalized spacial score (nSPS) is 24.1. The zero-order chi connectivity index (χ0) is 13.7. The summed E-state index contributed by atoms with van der Waals surface area (Å²) in [6.07, 6.45) is 3.00. The molecule has 4 nitrogen and oxygen atoms in total. The minimum atomic E-state index is -0.326. The van der Waals surface area contributed by atoms with Gasteiger partial charge in [-0.25, -0.2) is 0 Å². The van der Waals surface area contributed by atoms with Crippen LogP contribution in [0.5, 0.6) is 0 Å². The number of aliphatic hydroxyl groups is 1. The Kier molecular flexibility index (Phi) is 4.93. The van der Waals surface area contributed by atoms with Gasteiger partial charge >= 0.3 is 0 Å². The van der Waals surface area contributed by atoms with Crippen molar-refractivity contribution in [3.63, 3.8) is 0 Å². The molecule has 0 spiro atoms. The lowest BCUT2D eigenvalue weighted by Gasteiger charge is -2.22. The monoisotopic (exact) mass is 262 g/mol. The van der Waals surface area contributed by atoms with E-state index in [1.807, 2.05) is 30.3 Å². The minimum Gasteiger partial charge on any atom is -0.394 e. The van der Waals surface area contributed by atoms with Crippen LogP contribution >= 0.6 is 0 Å². The van der Waals surface area contributed by atoms with Crippen molar-refractivity contribution in [3.8, 4) is 0 Å². The summed E-state index contributed by atoms with van der Waals surface area (Å²) in [7, 11) is 0. The first-order valence-electron chi connectivity index (χ1n) is 6.92. The molecule has 1 aliphatic carbocycles. The maximum atomic E-state index is 12.3. The van der Waals surface area contributed by atoms with Gasteiger partial charge in [0.1, 0.15) is 0 Å². The SMILES string of the molecule is NCC1CCCC1C(=O)N[C@H](CO)c1ccccc1. The molecule has 19 heavy (non-hydrogen) atoms. The molecule has 1 aliphatic rings. The summed E-state index contributed by atoms with van der Waals surface area (Å²) in [6, 6.07) is 9.23. The number of nitrogens with two attached hydrogens (primary N) is 1. The van der Waals surface area contributed by atoms with Crippen LogP contribution in [0.25, 0.3) is 0 Å². The van der Waals surface area contributed by atoms with E-state index in [-0.39, 0.29) is 30.4 Å². The number of carbonyl (C=O) groups excluding carboxylic acids is 1. The van der Waals surface area contributed by atoms with Crippen molar-refractivity contribution in [2.24, 2.45) is 17.6 Å². The van der Waals surface area contributed by atoms with Gasteiger partial charge in [-0.2, -0.15) is 0 Å². The average Bonchev–Trinajstić information content (AvgIpc) is 2.94. The molecule has 1 aromatic carbocycles. The van der Waals surface area contributed by atoms with Crippen molar-refractivity contribution in [1.82, 2.24) is 5.32 Å². The molecule has 0 aliphatic heterocycles. The summed E-state index contributed by atoms with van der Waals surface area (Å²) in [5.41, 5.74) is 6.64. The second kappa shape index (κ2) is 6.68. The van der Waals surface area contributed by atoms with Crippen LogP contribution in [0.4, 0.5) is 0 Å². The highest BCUT2D eigenvalue weighted by Crippen LogP contribution is 2.31. The van der Waals surface area contributed by atoms with E-state index in [0.717, 1.165) is 24.8 Å². The topological polar surface area (TPSA) is 75.4 Å². The lowest BCUT2D eigenvalue weighted by molar-refractivity contribution is -0.127. The molecule has 0 saturated heterocycles. The smallest absolute Gasteiger partial charge is 0.223 e. The predicted molar refractivity (Wildman–Crippen MR) is 74.3 cm³/mol. The van der Waals surface area contributed by atoms with Gasteiger partial charge in [0.2, 0.25) is 5.91 Å². The van der Waals surface area contributed by atoms with Crippen LogP contribution in [-0.4, -0.2) is 24.2 Å². The number of amides is 1. The Balaban J connectivity index is 2.00. The number of hydrogen-bond donors (Lipinski definition) is 3. The van der Waals surface area contributed by atoms with Crippen molar-refractivity contribution < 1.29 is 9.90 Å². The molecular weight excluding hydrogens is 240 g/mol. The first-order valence-corrected chi connectivity index (χ1v) is 6.92. The second-order valence-electron chi connectivity index (χ2n) is 5.19. The fourth-order valence-corrected chi connectivity index (χ4v) is 2.86. The Hall–Kier alpha value is -1.39. The Morgan fingerprint density at radius 1 is 1.37 bits per heavy atom. The standard InChI is InChI=1S/C15H22N2O2/c16-9-12-7-4-8-13(12)15(19)17-14(10-18)11-5-2-1-3-6-11/h1-3,5-6,12-14,18H,4,7-10,16H2,(H,17,19)/t12?,13?,14-/m1/s1. The molecule has 0 bridgehead atoms. The summed E-state index contributed by atoms with van der Waals surface area (Å²) >= 11 is 0. The van der Waals surface area contributed by atoms with E-state index < -0.39 is 0 Å². The van der Waals surface area contributed by atoms with Crippen LogP contribution in [0.1, 0.15) is 30.9 Å². The van der Waals surface area contributed by atoms with Gasteiger partial charge in [0.05, 0.1) is 12.6 Å². The lowest BCUT2D eigenvalue weighted by atomic mass is 9.94. The van der Waals surface area contributed by atoms with Crippen molar-refractivity contribution in [3.05, 3.63) is 35.9 Å². The van der Waals surface area contributed by atoms with Gasteiger partial charge in [-0.05, 0) is 30.9 Å². The molecule has 4 heteroatoms. The maximum Gasteiger partial charge on any atom is 0.223 e. The number of hydrogen-bond acceptors (Lipinski definition) is 3. The number of carbonyl (C=O) groups is 1. The molecule has 1 fully saturated rings. The molecule has 104 valence electrons. The number of benzene rings is 1. The van der Waals surface area contributed by atoms with Crippen LogP contribution < -0.4 is 11.1 Å². The molecule has 4 N–H and O–H groups in total. The summed E-state index contributed by atoms with van der Waals surface area (Å²) in [5.74, 6) is 0.314. The largest absolute Gasteiger partial charge is 0.394 e. The summed E-state index contributed by atoms with van der Waals surface area (Å²) < 4.78 is 0. The number of nitrogens with one attached hydrogen (secondary N) is 1. The Bertz CT molecular complexity index is 408. The van der Waals surface area contributed by atoms with Crippen molar-refractivity contribution in [1.29, 1.82) is 0 Å². The second-order valence-corrected chi connectivity index (χ2v) is 5.19. The minimum absolute atomic E-state index is 0.00256. The van der Waals surface area contributed by atoms with Gasteiger partial charge in [-0.1, -0.05) is 36.8 Å². The third-order valence-corrected chi connectivity index (χ3v) is 4.00.